The number of carbonyl (C=O) groups excluding carboxylic acids is 1. The van der Waals surface area contributed by atoms with Gasteiger partial charge in [0.1, 0.15) is 0 Å². The van der Waals surface area contributed by atoms with Gasteiger partial charge in [-0.2, -0.15) is 0 Å². The fourth-order valence-corrected chi connectivity index (χ4v) is 1.99. The molecule has 1 aromatic rings. The van der Waals surface area contributed by atoms with Crippen LogP contribution in [0, 0.1) is 0 Å². The number of β-amino-alcohol motifs (C(OH)–C–C–N with tert-alkyl or cyclic N) is 1. The Labute approximate surface area is 92.2 Å². The SMILES string of the molecule is O=C1CC(O)CN1c1ccc2c(c1)OCO2. The van der Waals surface area contributed by atoms with E-state index in [1.165, 1.54) is 0 Å². The molecule has 3 rings (SSSR count). The van der Waals surface area contributed by atoms with Crippen LogP contribution in [-0.2, 0) is 4.79 Å². The minimum Gasteiger partial charge on any atom is -0.454 e. The zero-order valence-electron chi connectivity index (χ0n) is 8.55. The first-order valence-corrected chi connectivity index (χ1v) is 5.12. The van der Waals surface area contributed by atoms with Crippen molar-refractivity contribution in [3.05, 3.63) is 18.2 Å². The van der Waals surface area contributed by atoms with E-state index in [2.05, 4.69) is 0 Å². The van der Waals surface area contributed by atoms with Crippen LogP contribution in [0.1, 0.15) is 6.42 Å². The highest BCUT2D eigenvalue weighted by atomic mass is 16.7. The quantitative estimate of drug-likeness (QED) is 0.750. The average Bonchev–Trinajstić information content (AvgIpc) is 2.83. The van der Waals surface area contributed by atoms with Crippen molar-refractivity contribution in [1.29, 1.82) is 0 Å². The molecule has 1 unspecified atom stereocenters. The van der Waals surface area contributed by atoms with E-state index in [4.69, 9.17) is 9.47 Å². The van der Waals surface area contributed by atoms with Crippen molar-refractivity contribution in [3.63, 3.8) is 0 Å². The molecule has 0 bridgehead atoms. The summed E-state index contributed by atoms with van der Waals surface area (Å²) in [7, 11) is 0. The molecule has 1 saturated heterocycles. The summed E-state index contributed by atoms with van der Waals surface area (Å²) in [5.74, 6) is 1.27. The number of anilines is 1. The maximum Gasteiger partial charge on any atom is 0.231 e. The molecule has 0 aromatic heterocycles. The number of hydrogen-bond acceptors (Lipinski definition) is 4. The molecule has 0 spiro atoms. The summed E-state index contributed by atoms with van der Waals surface area (Å²) in [5.41, 5.74) is 0.741. The van der Waals surface area contributed by atoms with E-state index >= 15 is 0 Å². The second-order valence-corrected chi connectivity index (χ2v) is 3.90. The van der Waals surface area contributed by atoms with Crippen LogP contribution >= 0.6 is 0 Å². The van der Waals surface area contributed by atoms with Crippen molar-refractivity contribution >= 4 is 11.6 Å². The van der Waals surface area contributed by atoms with Crippen molar-refractivity contribution in [2.45, 2.75) is 12.5 Å². The molecule has 2 heterocycles. The third kappa shape index (κ3) is 1.40. The van der Waals surface area contributed by atoms with Gasteiger partial charge >= 0.3 is 0 Å². The Hall–Kier alpha value is -1.75. The number of fused-ring (bicyclic) bond motifs is 1. The summed E-state index contributed by atoms with van der Waals surface area (Å²) >= 11 is 0. The fraction of sp³-hybridized carbons (Fsp3) is 0.364. The highest BCUT2D eigenvalue weighted by molar-refractivity contribution is 5.96. The molecule has 2 aliphatic rings. The lowest BCUT2D eigenvalue weighted by Crippen LogP contribution is -2.25. The number of carbonyl (C=O) groups is 1. The lowest BCUT2D eigenvalue weighted by atomic mass is 10.2. The van der Waals surface area contributed by atoms with Gasteiger partial charge in [0.2, 0.25) is 12.7 Å². The normalized spacial score (nSPS) is 22.9. The van der Waals surface area contributed by atoms with Gasteiger partial charge < -0.3 is 19.5 Å². The maximum atomic E-state index is 11.6. The molecular formula is C11H11NO4. The monoisotopic (exact) mass is 221 g/mol. The van der Waals surface area contributed by atoms with Gasteiger partial charge in [-0.05, 0) is 12.1 Å². The second kappa shape index (κ2) is 3.38. The molecule has 1 fully saturated rings. The highest BCUT2D eigenvalue weighted by Crippen LogP contribution is 2.36. The van der Waals surface area contributed by atoms with Gasteiger partial charge in [-0.15, -0.1) is 0 Å². The van der Waals surface area contributed by atoms with Gasteiger partial charge in [0.25, 0.3) is 0 Å². The van der Waals surface area contributed by atoms with Crippen LogP contribution in [0.5, 0.6) is 11.5 Å². The predicted octanol–water partition coefficient (Wildman–Crippen LogP) is 0.513. The number of benzene rings is 1. The summed E-state index contributed by atoms with van der Waals surface area (Å²) in [6, 6.07) is 5.33. The molecule has 1 amide bonds. The summed E-state index contributed by atoms with van der Waals surface area (Å²) in [6.45, 7) is 0.563. The molecular weight excluding hydrogens is 210 g/mol. The van der Waals surface area contributed by atoms with E-state index in [9.17, 15) is 9.90 Å². The Morgan fingerprint density at radius 1 is 1.31 bits per heavy atom. The van der Waals surface area contributed by atoms with Crippen LogP contribution in [0.4, 0.5) is 5.69 Å². The smallest absolute Gasteiger partial charge is 0.231 e. The van der Waals surface area contributed by atoms with Crippen molar-refractivity contribution in [3.8, 4) is 11.5 Å². The van der Waals surface area contributed by atoms with E-state index < -0.39 is 6.10 Å². The number of ether oxygens (including phenoxy) is 2. The summed E-state index contributed by atoms with van der Waals surface area (Å²) in [4.78, 5) is 13.1. The van der Waals surface area contributed by atoms with Crippen molar-refractivity contribution < 1.29 is 19.4 Å². The van der Waals surface area contributed by atoms with Crippen LogP contribution in [-0.4, -0.2) is 30.5 Å². The van der Waals surface area contributed by atoms with Gasteiger partial charge in [-0.25, -0.2) is 0 Å². The van der Waals surface area contributed by atoms with Gasteiger partial charge in [0.05, 0.1) is 19.1 Å². The highest BCUT2D eigenvalue weighted by Gasteiger charge is 2.30. The number of aliphatic hydroxyl groups is 1. The van der Waals surface area contributed by atoms with Gasteiger partial charge in [-0.3, -0.25) is 4.79 Å². The first-order chi connectivity index (χ1) is 7.74. The summed E-state index contributed by atoms with van der Waals surface area (Å²) < 4.78 is 10.4. The third-order valence-corrected chi connectivity index (χ3v) is 2.77. The Morgan fingerprint density at radius 3 is 2.88 bits per heavy atom. The molecule has 1 atom stereocenters. The lowest BCUT2D eigenvalue weighted by molar-refractivity contribution is -0.117. The molecule has 16 heavy (non-hydrogen) atoms. The zero-order valence-corrected chi connectivity index (χ0v) is 8.55. The Kier molecular flexibility index (Phi) is 2.00. The van der Waals surface area contributed by atoms with Gasteiger partial charge in [-0.1, -0.05) is 0 Å². The van der Waals surface area contributed by atoms with Gasteiger partial charge in [0.15, 0.2) is 11.5 Å². The standard InChI is InChI=1S/C11H11NO4/c13-8-4-11(14)12(5-8)7-1-2-9-10(3-7)16-6-15-9/h1-3,8,13H,4-6H2. The molecule has 2 aliphatic heterocycles. The van der Waals surface area contributed by atoms with E-state index in [0.717, 1.165) is 5.69 Å². The van der Waals surface area contributed by atoms with Crippen LogP contribution in [0.2, 0.25) is 0 Å². The van der Waals surface area contributed by atoms with Crippen LogP contribution in [0.3, 0.4) is 0 Å². The lowest BCUT2D eigenvalue weighted by Gasteiger charge is -2.15. The van der Waals surface area contributed by atoms with E-state index in [1.54, 1.807) is 23.1 Å². The van der Waals surface area contributed by atoms with Crippen molar-refractivity contribution in [1.82, 2.24) is 0 Å². The number of nitrogens with zero attached hydrogens (tertiary/aromatic N) is 1. The zero-order chi connectivity index (χ0) is 11.1. The molecule has 0 aliphatic carbocycles. The number of aliphatic hydroxyl groups excluding tert-OH is 1. The first kappa shape index (κ1) is 9.47. The minimum atomic E-state index is -0.571. The summed E-state index contributed by atoms with van der Waals surface area (Å²) in [5, 5.41) is 9.41. The molecule has 1 aromatic carbocycles. The van der Waals surface area contributed by atoms with Gasteiger partial charge in [0, 0.05) is 11.8 Å². The number of amides is 1. The van der Waals surface area contributed by atoms with Crippen molar-refractivity contribution in [2.24, 2.45) is 0 Å². The minimum absolute atomic E-state index is 0.0636. The van der Waals surface area contributed by atoms with Crippen molar-refractivity contribution in [2.75, 3.05) is 18.2 Å². The second-order valence-electron chi connectivity index (χ2n) is 3.90. The average molecular weight is 221 g/mol. The molecule has 1 N–H and O–H groups in total. The molecule has 0 saturated carbocycles. The largest absolute Gasteiger partial charge is 0.454 e. The van der Waals surface area contributed by atoms with Crippen LogP contribution in [0.15, 0.2) is 18.2 Å². The van der Waals surface area contributed by atoms with E-state index in [1.807, 2.05) is 0 Å². The van der Waals surface area contributed by atoms with E-state index in [-0.39, 0.29) is 19.1 Å². The first-order valence-electron chi connectivity index (χ1n) is 5.12. The number of hydrogen-bond donors (Lipinski definition) is 1. The Morgan fingerprint density at radius 2 is 2.12 bits per heavy atom. The van der Waals surface area contributed by atoms with Crippen LogP contribution in [0.25, 0.3) is 0 Å². The predicted molar refractivity (Wildman–Crippen MR) is 55.5 cm³/mol. The molecule has 5 nitrogen and oxygen atoms in total. The summed E-state index contributed by atoms with van der Waals surface area (Å²) in [6.07, 6.45) is -0.382. The molecule has 5 heteroatoms. The fourth-order valence-electron chi connectivity index (χ4n) is 1.99. The maximum absolute atomic E-state index is 11.6. The van der Waals surface area contributed by atoms with E-state index in [0.29, 0.717) is 18.0 Å². The van der Waals surface area contributed by atoms with Crippen LogP contribution < -0.4 is 14.4 Å². The topological polar surface area (TPSA) is 59.0 Å². The Bertz CT molecular complexity index is 446. The molecule has 84 valence electrons. The third-order valence-electron chi connectivity index (χ3n) is 2.77. The Balaban J connectivity index is 1.92. The molecule has 0 radical (unpaired) electrons. The number of rotatable bonds is 1.